The first-order chi connectivity index (χ1) is 7.62. The largest absolute Gasteiger partial charge is 0.497 e. The second-order valence-corrected chi connectivity index (χ2v) is 3.15. The van der Waals surface area contributed by atoms with Crippen LogP contribution in [0.25, 0.3) is 0 Å². The molecule has 0 saturated carbocycles. The van der Waals surface area contributed by atoms with E-state index in [1.54, 1.807) is 18.2 Å². The van der Waals surface area contributed by atoms with E-state index in [9.17, 15) is 4.79 Å². The first-order valence-corrected chi connectivity index (χ1v) is 4.68. The molecule has 0 aromatic heterocycles. The fraction of sp³-hybridized carbons (Fsp3) is 0.364. The third-order valence-corrected chi connectivity index (χ3v) is 2.19. The number of rotatable bonds is 4. The Morgan fingerprint density at radius 1 is 1.12 bits per heavy atom. The van der Waals surface area contributed by atoms with E-state index in [-0.39, 0.29) is 0 Å². The van der Waals surface area contributed by atoms with Gasteiger partial charge >= 0.3 is 5.97 Å². The first-order valence-electron chi connectivity index (χ1n) is 4.68. The van der Waals surface area contributed by atoms with Crippen LogP contribution < -0.4 is 15.2 Å². The number of carbonyl (C=O) groups excluding carboxylic acids is 1. The van der Waals surface area contributed by atoms with Crippen molar-refractivity contribution in [3.8, 4) is 11.5 Å². The highest BCUT2D eigenvalue weighted by Crippen LogP contribution is 2.25. The van der Waals surface area contributed by atoms with Crippen molar-refractivity contribution in [1.82, 2.24) is 0 Å². The van der Waals surface area contributed by atoms with E-state index in [2.05, 4.69) is 4.74 Å². The molecular weight excluding hydrogens is 210 g/mol. The lowest BCUT2D eigenvalue weighted by atomic mass is 10.1. The SMILES string of the molecule is COC(=O)C(N)c1cc(OC)cc(OC)c1. The second kappa shape index (κ2) is 5.37. The van der Waals surface area contributed by atoms with E-state index in [0.717, 1.165) is 0 Å². The average molecular weight is 225 g/mol. The Kier molecular flexibility index (Phi) is 4.13. The average Bonchev–Trinajstić information content (AvgIpc) is 2.35. The number of carbonyl (C=O) groups is 1. The topological polar surface area (TPSA) is 70.8 Å². The van der Waals surface area contributed by atoms with Gasteiger partial charge in [-0.05, 0) is 17.7 Å². The molecular formula is C11H15NO4. The Balaban J connectivity index is 3.07. The van der Waals surface area contributed by atoms with Gasteiger partial charge in [-0.1, -0.05) is 0 Å². The van der Waals surface area contributed by atoms with Crippen LogP contribution >= 0.6 is 0 Å². The molecule has 0 saturated heterocycles. The predicted molar refractivity (Wildman–Crippen MR) is 58.5 cm³/mol. The fourth-order valence-electron chi connectivity index (χ4n) is 1.27. The lowest BCUT2D eigenvalue weighted by molar-refractivity contribution is -0.142. The predicted octanol–water partition coefficient (Wildman–Crippen LogP) is 0.877. The molecule has 88 valence electrons. The molecule has 2 N–H and O–H groups in total. The molecule has 1 rings (SSSR count). The summed E-state index contributed by atoms with van der Waals surface area (Å²) in [7, 11) is 4.35. The van der Waals surface area contributed by atoms with Crippen LogP contribution in [0.4, 0.5) is 0 Å². The van der Waals surface area contributed by atoms with Crippen molar-refractivity contribution in [2.45, 2.75) is 6.04 Å². The Labute approximate surface area is 94.1 Å². The highest BCUT2D eigenvalue weighted by molar-refractivity contribution is 5.77. The zero-order valence-corrected chi connectivity index (χ0v) is 9.52. The van der Waals surface area contributed by atoms with Gasteiger partial charge in [0.05, 0.1) is 21.3 Å². The molecule has 0 aliphatic carbocycles. The van der Waals surface area contributed by atoms with Crippen molar-refractivity contribution < 1.29 is 19.0 Å². The number of benzene rings is 1. The van der Waals surface area contributed by atoms with Gasteiger partial charge in [0, 0.05) is 6.07 Å². The van der Waals surface area contributed by atoms with Crippen LogP contribution in [-0.4, -0.2) is 27.3 Å². The molecule has 1 unspecified atom stereocenters. The molecule has 0 heterocycles. The van der Waals surface area contributed by atoms with Crippen LogP contribution in [-0.2, 0) is 9.53 Å². The van der Waals surface area contributed by atoms with Gasteiger partial charge in [-0.3, -0.25) is 4.79 Å². The Morgan fingerprint density at radius 2 is 1.62 bits per heavy atom. The number of nitrogens with two attached hydrogens (primary N) is 1. The summed E-state index contributed by atoms with van der Waals surface area (Å²) in [6.07, 6.45) is 0. The minimum Gasteiger partial charge on any atom is -0.497 e. The molecule has 1 aromatic rings. The molecule has 0 radical (unpaired) electrons. The Morgan fingerprint density at radius 3 is 2.00 bits per heavy atom. The first kappa shape index (κ1) is 12.3. The number of methoxy groups -OCH3 is 3. The van der Waals surface area contributed by atoms with Gasteiger partial charge in [0.25, 0.3) is 0 Å². The third-order valence-electron chi connectivity index (χ3n) is 2.19. The standard InChI is InChI=1S/C11H15NO4/c1-14-8-4-7(5-9(6-8)15-2)10(12)11(13)16-3/h4-6,10H,12H2,1-3H3. The lowest BCUT2D eigenvalue weighted by Gasteiger charge is -2.12. The number of hydrogen-bond donors (Lipinski definition) is 1. The maximum Gasteiger partial charge on any atom is 0.327 e. The summed E-state index contributed by atoms with van der Waals surface area (Å²) < 4.78 is 14.7. The number of esters is 1. The van der Waals surface area contributed by atoms with Crippen LogP contribution in [0.2, 0.25) is 0 Å². The Hall–Kier alpha value is -1.75. The molecule has 5 nitrogen and oxygen atoms in total. The molecule has 0 aliphatic rings. The molecule has 5 heteroatoms. The van der Waals surface area contributed by atoms with Gasteiger partial charge in [0.2, 0.25) is 0 Å². The molecule has 0 amide bonds. The van der Waals surface area contributed by atoms with Crippen LogP contribution in [0.1, 0.15) is 11.6 Å². The van der Waals surface area contributed by atoms with Gasteiger partial charge in [-0.15, -0.1) is 0 Å². The smallest absolute Gasteiger partial charge is 0.327 e. The summed E-state index contributed by atoms with van der Waals surface area (Å²) in [4.78, 5) is 11.3. The van der Waals surface area contributed by atoms with E-state index in [1.807, 2.05) is 0 Å². The van der Waals surface area contributed by atoms with Crippen molar-refractivity contribution in [1.29, 1.82) is 0 Å². The molecule has 0 aliphatic heterocycles. The monoisotopic (exact) mass is 225 g/mol. The van der Waals surface area contributed by atoms with Gasteiger partial charge in [0.15, 0.2) is 0 Å². The molecule has 1 aromatic carbocycles. The zero-order valence-electron chi connectivity index (χ0n) is 9.52. The van der Waals surface area contributed by atoms with Gasteiger partial charge in [-0.25, -0.2) is 0 Å². The van der Waals surface area contributed by atoms with E-state index in [4.69, 9.17) is 15.2 Å². The maximum absolute atomic E-state index is 11.3. The summed E-state index contributed by atoms with van der Waals surface area (Å²) >= 11 is 0. The molecule has 1 atom stereocenters. The molecule has 0 spiro atoms. The van der Waals surface area contributed by atoms with Gasteiger partial charge in [-0.2, -0.15) is 0 Å². The van der Waals surface area contributed by atoms with Gasteiger partial charge in [0.1, 0.15) is 17.5 Å². The number of ether oxygens (including phenoxy) is 3. The quantitative estimate of drug-likeness (QED) is 0.770. The number of hydrogen-bond acceptors (Lipinski definition) is 5. The van der Waals surface area contributed by atoms with Crippen molar-refractivity contribution in [2.24, 2.45) is 5.73 Å². The van der Waals surface area contributed by atoms with E-state index in [0.29, 0.717) is 17.1 Å². The minimum absolute atomic E-state index is 0.504. The van der Waals surface area contributed by atoms with Crippen LogP contribution in [0.5, 0.6) is 11.5 Å². The molecule has 0 fully saturated rings. The van der Waals surface area contributed by atoms with Gasteiger partial charge < -0.3 is 19.9 Å². The second-order valence-electron chi connectivity index (χ2n) is 3.15. The van der Waals surface area contributed by atoms with Crippen LogP contribution in [0.15, 0.2) is 18.2 Å². The van der Waals surface area contributed by atoms with Crippen molar-refractivity contribution in [3.63, 3.8) is 0 Å². The van der Waals surface area contributed by atoms with E-state index >= 15 is 0 Å². The summed E-state index contributed by atoms with van der Waals surface area (Å²) in [6.45, 7) is 0. The lowest BCUT2D eigenvalue weighted by Crippen LogP contribution is -2.22. The van der Waals surface area contributed by atoms with Crippen molar-refractivity contribution in [3.05, 3.63) is 23.8 Å². The van der Waals surface area contributed by atoms with Crippen molar-refractivity contribution >= 4 is 5.97 Å². The Bertz CT molecular complexity index is 356. The summed E-state index contributed by atoms with van der Waals surface area (Å²) in [5.74, 6) is 0.651. The minimum atomic E-state index is -0.839. The maximum atomic E-state index is 11.3. The highest BCUT2D eigenvalue weighted by Gasteiger charge is 2.17. The van der Waals surface area contributed by atoms with Crippen molar-refractivity contribution in [2.75, 3.05) is 21.3 Å². The third kappa shape index (κ3) is 2.64. The summed E-state index contributed by atoms with van der Waals surface area (Å²) in [5, 5.41) is 0. The summed E-state index contributed by atoms with van der Waals surface area (Å²) in [6, 6.07) is 4.20. The normalized spacial score (nSPS) is 11.8. The van der Waals surface area contributed by atoms with Crippen LogP contribution in [0.3, 0.4) is 0 Å². The van der Waals surface area contributed by atoms with E-state index < -0.39 is 12.0 Å². The fourth-order valence-corrected chi connectivity index (χ4v) is 1.27. The van der Waals surface area contributed by atoms with E-state index in [1.165, 1.54) is 21.3 Å². The molecule has 16 heavy (non-hydrogen) atoms. The molecule has 0 bridgehead atoms. The summed E-state index contributed by atoms with van der Waals surface area (Å²) in [5.41, 5.74) is 6.30. The highest BCUT2D eigenvalue weighted by atomic mass is 16.5. The van der Waals surface area contributed by atoms with Crippen LogP contribution in [0, 0.1) is 0 Å². The zero-order chi connectivity index (χ0) is 12.1.